The highest BCUT2D eigenvalue weighted by Crippen LogP contribution is 2.36. The van der Waals surface area contributed by atoms with E-state index in [0.717, 1.165) is 18.6 Å². The maximum Gasteiger partial charge on any atom is 0.175 e. The minimum Gasteiger partial charge on any atom is -0.486 e. The van der Waals surface area contributed by atoms with Gasteiger partial charge in [-0.2, -0.15) is 0 Å². The second kappa shape index (κ2) is 14.3. The van der Waals surface area contributed by atoms with Gasteiger partial charge in [-0.25, -0.2) is 0 Å². The molecule has 0 N–H and O–H groups in total. The molecule has 0 amide bonds. The van der Waals surface area contributed by atoms with Crippen LogP contribution in [-0.4, -0.2) is 67.1 Å². The van der Waals surface area contributed by atoms with Crippen LogP contribution in [0.3, 0.4) is 0 Å². The molecular formula is C16H24I2O6. The molecule has 0 fully saturated rings. The van der Waals surface area contributed by atoms with Gasteiger partial charge < -0.3 is 28.4 Å². The minimum atomic E-state index is 0.459. The number of hydrogen-bond acceptors (Lipinski definition) is 6. The van der Waals surface area contributed by atoms with E-state index in [1.54, 1.807) is 14.2 Å². The molecule has 8 heteroatoms. The fourth-order valence-electron chi connectivity index (χ4n) is 1.68. The van der Waals surface area contributed by atoms with Crippen LogP contribution in [0.25, 0.3) is 0 Å². The zero-order chi connectivity index (χ0) is 17.6. The van der Waals surface area contributed by atoms with E-state index in [1.807, 2.05) is 12.1 Å². The summed E-state index contributed by atoms with van der Waals surface area (Å²) in [6.45, 7) is 4.21. The summed E-state index contributed by atoms with van der Waals surface area (Å²) in [5.41, 5.74) is 0. The van der Waals surface area contributed by atoms with Crippen molar-refractivity contribution in [2.45, 2.75) is 0 Å². The molecule has 0 spiro atoms. The van der Waals surface area contributed by atoms with Gasteiger partial charge in [0.1, 0.15) is 13.2 Å². The molecule has 0 aromatic heterocycles. The van der Waals surface area contributed by atoms with Crippen LogP contribution in [0.4, 0.5) is 0 Å². The van der Waals surface area contributed by atoms with Gasteiger partial charge in [0.15, 0.2) is 11.5 Å². The lowest BCUT2D eigenvalue weighted by Gasteiger charge is -2.16. The molecule has 6 nitrogen and oxygen atoms in total. The predicted octanol–water partition coefficient (Wildman–Crippen LogP) is 2.98. The highest BCUT2D eigenvalue weighted by atomic mass is 127. The van der Waals surface area contributed by atoms with Crippen molar-refractivity contribution in [2.24, 2.45) is 0 Å². The Morgan fingerprint density at radius 3 is 1.38 bits per heavy atom. The lowest BCUT2D eigenvalue weighted by Crippen LogP contribution is -2.13. The largest absolute Gasteiger partial charge is 0.486 e. The quantitative estimate of drug-likeness (QED) is 0.255. The molecule has 0 atom stereocenters. The smallest absolute Gasteiger partial charge is 0.175 e. The van der Waals surface area contributed by atoms with Gasteiger partial charge in [0.2, 0.25) is 0 Å². The van der Waals surface area contributed by atoms with Gasteiger partial charge >= 0.3 is 0 Å². The number of hydrogen-bond donors (Lipinski definition) is 0. The highest BCUT2D eigenvalue weighted by Gasteiger charge is 2.14. The molecule has 0 heterocycles. The van der Waals surface area contributed by atoms with Crippen molar-refractivity contribution in [1.29, 1.82) is 0 Å². The first kappa shape index (κ1) is 22.2. The third kappa shape index (κ3) is 8.99. The standard InChI is InChI=1S/C16H24I2O6/c1-19-5-7-21-9-11-23-15-13(17)3-4-14(18)16(15)24-12-10-22-8-6-20-2/h3-4H,5-12H2,1-2H3. The van der Waals surface area contributed by atoms with Crippen molar-refractivity contribution in [2.75, 3.05) is 67.1 Å². The average Bonchev–Trinajstić information content (AvgIpc) is 2.58. The summed E-state index contributed by atoms with van der Waals surface area (Å²) in [6.07, 6.45) is 0. The fourth-order valence-corrected chi connectivity index (χ4v) is 2.84. The van der Waals surface area contributed by atoms with Gasteiger partial charge in [-0.3, -0.25) is 0 Å². The third-order valence-corrected chi connectivity index (χ3v) is 4.53. The first-order valence-corrected chi connectivity index (χ1v) is 9.73. The van der Waals surface area contributed by atoms with Crippen LogP contribution < -0.4 is 9.47 Å². The zero-order valence-electron chi connectivity index (χ0n) is 14.0. The zero-order valence-corrected chi connectivity index (χ0v) is 18.3. The van der Waals surface area contributed by atoms with E-state index in [1.165, 1.54) is 0 Å². The molecule has 0 aliphatic carbocycles. The van der Waals surface area contributed by atoms with E-state index >= 15 is 0 Å². The Balaban J connectivity index is 2.46. The monoisotopic (exact) mass is 566 g/mol. The van der Waals surface area contributed by atoms with Crippen LogP contribution in [0, 0.1) is 7.14 Å². The Hall–Kier alpha value is 0.120. The first-order chi connectivity index (χ1) is 11.7. The maximum absolute atomic E-state index is 5.86. The molecule has 1 aromatic rings. The summed E-state index contributed by atoms with van der Waals surface area (Å²) in [6, 6.07) is 4.01. The average molecular weight is 566 g/mol. The van der Waals surface area contributed by atoms with Gasteiger partial charge in [-0.1, -0.05) is 0 Å². The fraction of sp³-hybridized carbons (Fsp3) is 0.625. The SMILES string of the molecule is COCCOCCOc1c(I)ccc(I)c1OCCOCCOC. The van der Waals surface area contributed by atoms with Gasteiger partial charge in [0.25, 0.3) is 0 Å². The second-order valence-electron chi connectivity index (χ2n) is 4.59. The predicted molar refractivity (Wildman–Crippen MR) is 108 cm³/mol. The molecule has 0 unspecified atom stereocenters. The summed E-state index contributed by atoms with van der Waals surface area (Å²) in [7, 11) is 3.30. The van der Waals surface area contributed by atoms with Crippen molar-refractivity contribution in [3.63, 3.8) is 0 Å². The Morgan fingerprint density at radius 2 is 1.00 bits per heavy atom. The van der Waals surface area contributed by atoms with Crippen molar-refractivity contribution in [1.82, 2.24) is 0 Å². The second-order valence-corrected chi connectivity index (χ2v) is 6.92. The molecule has 0 radical (unpaired) electrons. The summed E-state index contributed by atoms with van der Waals surface area (Å²) in [5, 5.41) is 0. The van der Waals surface area contributed by atoms with Gasteiger partial charge in [-0.15, -0.1) is 0 Å². The number of methoxy groups -OCH3 is 2. The van der Waals surface area contributed by atoms with Gasteiger partial charge in [0.05, 0.1) is 46.8 Å². The summed E-state index contributed by atoms with van der Waals surface area (Å²) in [4.78, 5) is 0. The van der Waals surface area contributed by atoms with Crippen molar-refractivity contribution >= 4 is 45.2 Å². The molecule has 138 valence electrons. The Morgan fingerprint density at radius 1 is 0.625 bits per heavy atom. The van der Waals surface area contributed by atoms with Crippen molar-refractivity contribution in [3.8, 4) is 11.5 Å². The number of halogens is 2. The lowest BCUT2D eigenvalue weighted by atomic mass is 10.3. The summed E-state index contributed by atoms with van der Waals surface area (Å²) in [5.74, 6) is 1.49. The normalized spacial score (nSPS) is 10.8. The molecule has 0 saturated heterocycles. The van der Waals surface area contributed by atoms with E-state index < -0.39 is 0 Å². The molecule has 0 aliphatic heterocycles. The van der Waals surface area contributed by atoms with Crippen LogP contribution in [0.15, 0.2) is 12.1 Å². The van der Waals surface area contributed by atoms with Crippen LogP contribution in [-0.2, 0) is 18.9 Å². The van der Waals surface area contributed by atoms with Crippen LogP contribution in [0.5, 0.6) is 11.5 Å². The van der Waals surface area contributed by atoms with E-state index in [4.69, 9.17) is 28.4 Å². The molecule has 0 aliphatic rings. The van der Waals surface area contributed by atoms with E-state index in [0.29, 0.717) is 52.9 Å². The maximum atomic E-state index is 5.86. The summed E-state index contributed by atoms with van der Waals surface area (Å²) < 4.78 is 34.4. The lowest BCUT2D eigenvalue weighted by molar-refractivity contribution is 0.0496. The number of ether oxygens (including phenoxy) is 6. The Labute approximate surface area is 170 Å². The van der Waals surface area contributed by atoms with Crippen LogP contribution in [0.2, 0.25) is 0 Å². The minimum absolute atomic E-state index is 0.459. The molecule has 1 aromatic carbocycles. The molecule has 0 bridgehead atoms. The van der Waals surface area contributed by atoms with E-state index in [-0.39, 0.29) is 0 Å². The van der Waals surface area contributed by atoms with E-state index in [2.05, 4.69) is 45.2 Å². The van der Waals surface area contributed by atoms with Crippen LogP contribution in [0.1, 0.15) is 0 Å². The topological polar surface area (TPSA) is 55.4 Å². The summed E-state index contributed by atoms with van der Waals surface area (Å²) >= 11 is 4.48. The van der Waals surface area contributed by atoms with Gasteiger partial charge in [0, 0.05) is 14.2 Å². The molecule has 1 rings (SSSR count). The molecule has 0 saturated carbocycles. The third-order valence-electron chi connectivity index (χ3n) is 2.83. The first-order valence-electron chi connectivity index (χ1n) is 7.57. The van der Waals surface area contributed by atoms with Gasteiger partial charge in [-0.05, 0) is 57.3 Å². The van der Waals surface area contributed by atoms with Crippen molar-refractivity contribution in [3.05, 3.63) is 19.3 Å². The molecule has 24 heavy (non-hydrogen) atoms. The molecular weight excluding hydrogens is 542 g/mol. The Kier molecular flexibility index (Phi) is 13.2. The number of benzene rings is 1. The number of rotatable bonds is 14. The van der Waals surface area contributed by atoms with E-state index in [9.17, 15) is 0 Å². The van der Waals surface area contributed by atoms with Crippen LogP contribution >= 0.6 is 45.2 Å². The Bertz CT molecular complexity index is 417. The van der Waals surface area contributed by atoms with Crippen molar-refractivity contribution < 1.29 is 28.4 Å². The highest BCUT2D eigenvalue weighted by molar-refractivity contribution is 14.1.